The number of alkyl halides is 3. The van der Waals surface area contributed by atoms with Crippen LogP contribution in [0, 0.1) is 13.8 Å². The number of aryl methyl sites for hydroxylation is 1. The van der Waals surface area contributed by atoms with Crippen molar-refractivity contribution in [2.75, 3.05) is 23.4 Å². The zero-order chi connectivity index (χ0) is 25.3. The number of rotatable bonds is 7. The number of nitrogens with zero attached hydrogens (tertiary/aromatic N) is 2. The van der Waals surface area contributed by atoms with Gasteiger partial charge in [-0.3, -0.25) is 9.52 Å². The Morgan fingerprint density at radius 1 is 1.15 bits per heavy atom. The largest absolute Gasteiger partial charge is 0.495 e. The van der Waals surface area contributed by atoms with Gasteiger partial charge >= 0.3 is 6.18 Å². The van der Waals surface area contributed by atoms with Crippen molar-refractivity contribution in [3.05, 3.63) is 65.0 Å². The predicted octanol–water partition coefficient (Wildman–Crippen LogP) is 4.07. The molecule has 34 heavy (non-hydrogen) atoms. The Bertz CT molecular complexity index is 1330. The fraction of sp³-hybridized carbons (Fsp3) is 0.273. The molecule has 0 fully saturated rings. The van der Waals surface area contributed by atoms with Crippen molar-refractivity contribution in [1.29, 1.82) is 0 Å². The molecule has 2 N–H and O–H groups in total. The number of nitrogens with one attached hydrogen (secondary N) is 2. The molecule has 8 nitrogen and oxygen atoms in total. The van der Waals surface area contributed by atoms with Gasteiger partial charge in [0.25, 0.3) is 0 Å². The molecule has 3 aromatic rings. The van der Waals surface area contributed by atoms with Crippen LogP contribution in [-0.4, -0.2) is 37.5 Å². The fourth-order valence-corrected chi connectivity index (χ4v) is 3.99. The topological polar surface area (TPSA) is 102 Å². The van der Waals surface area contributed by atoms with E-state index >= 15 is 0 Å². The van der Waals surface area contributed by atoms with Crippen molar-refractivity contribution in [3.8, 4) is 11.4 Å². The molecule has 0 bridgehead atoms. The summed E-state index contributed by atoms with van der Waals surface area (Å²) in [5, 5.41) is 7.00. The van der Waals surface area contributed by atoms with Crippen LogP contribution in [0.3, 0.4) is 0 Å². The molecule has 1 heterocycles. The molecule has 3 rings (SSSR count). The van der Waals surface area contributed by atoms with Gasteiger partial charge in [0.05, 0.1) is 42.4 Å². The number of sulfonamides is 1. The number of carbonyl (C=O) groups is 1. The molecule has 0 radical (unpaired) electrons. The molecular formula is C22H23F3N4O4S. The Hall–Kier alpha value is -3.54. The lowest BCUT2D eigenvalue weighted by Gasteiger charge is -2.13. The first kappa shape index (κ1) is 25.1. The smallest absolute Gasteiger partial charge is 0.416 e. The van der Waals surface area contributed by atoms with Crippen LogP contribution in [-0.2, 0) is 27.4 Å². The van der Waals surface area contributed by atoms with Gasteiger partial charge in [-0.05, 0) is 50.2 Å². The Morgan fingerprint density at radius 2 is 1.85 bits per heavy atom. The predicted molar refractivity (Wildman–Crippen MR) is 122 cm³/mol. The third-order valence-corrected chi connectivity index (χ3v) is 5.57. The summed E-state index contributed by atoms with van der Waals surface area (Å²) in [5.74, 6) is -0.136. The van der Waals surface area contributed by atoms with Crippen molar-refractivity contribution in [1.82, 2.24) is 9.78 Å². The molecule has 0 unspecified atom stereocenters. The third-order valence-electron chi connectivity index (χ3n) is 4.98. The van der Waals surface area contributed by atoms with Crippen LogP contribution in [0.5, 0.6) is 5.75 Å². The summed E-state index contributed by atoms with van der Waals surface area (Å²) in [5.41, 5.74) is 1.52. The van der Waals surface area contributed by atoms with E-state index in [2.05, 4.69) is 15.1 Å². The highest BCUT2D eigenvalue weighted by atomic mass is 32.2. The monoisotopic (exact) mass is 496 g/mol. The molecule has 0 aliphatic carbocycles. The number of ether oxygens (including phenoxy) is 1. The molecule has 0 aliphatic heterocycles. The molecule has 0 saturated heterocycles. The van der Waals surface area contributed by atoms with Crippen LogP contribution in [0.25, 0.3) is 5.69 Å². The van der Waals surface area contributed by atoms with E-state index in [0.29, 0.717) is 22.6 Å². The van der Waals surface area contributed by atoms with E-state index in [0.717, 1.165) is 18.4 Å². The van der Waals surface area contributed by atoms with Gasteiger partial charge in [-0.2, -0.15) is 18.3 Å². The Labute approximate surface area is 194 Å². The maximum atomic E-state index is 13.1. The van der Waals surface area contributed by atoms with Crippen molar-refractivity contribution in [2.45, 2.75) is 26.4 Å². The van der Waals surface area contributed by atoms with Gasteiger partial charge in [-0.25, -0.2) is 13.1 Å². The lowest BCUT2D eigenvalue weighted by atomic mass is 10.1. The highest BCUT2D eigenvalue weighted by Gasteiger charge is 2.31. The second-order valence-corrected chi connectivity index (χ2v) is 9.37. The van der Waals surface area contributed by atoms with Gasteiger partial charge < -0.3 is 10.1 Å². The maximum Gasteiger partial charge on any atom is 0.416 e. The molecule has 1 aromatic heterocycles. The maximum absolute atomic E-state index is 13.1. The van der Waals surface area contributed by atoms with Crippen molar-refractivity contribution in [3.63, 3.8) is 0 Å². The lowest BCUT2D eigenvalue weighted by Crippen LogP contribution is -2.16. The minimum absolute atomic E-state index is 0.0858. The van der Waals surface area contributed by atoms with Crippen molar-refractivity contribution >= 4 is 27.3 Å². The zero-order valence-corrected chi connectivity index (χ0v) is 19.6. The minimum Gasteiger partial charge on any atom is -0.495 e. The van der Waals surface area contributed by atoms with E-state index in [1.807, 2.05) is 0 Å². The second-order valence-electron chi connectivity index (χ2n) is 7.62. The van der Waals surface area contributed by atoms with Crippen LogP contribution < -0.4 is 14.8 Å². The van der Waals surface area contributed by atoms with E-state index in [-0.39, 0.29) is 23.5 Å². The highest BCUT2D eigenvalue weighted by molar-refractivity contribution is 7.92. The fourth-order valence-electron chi connectivity index (χ4n) is 3.43. The summed E-state index contributed by atoms with van der Waals surface area (Å²) in [6.45, 7) is 3.34. The number of anilines is 2. The first-order chi connectivity index (χ1) is 15.8. The van der Waals surface area contributed by atoms with E-state index in [1.54, 1.807) is 19.9 Å². The van der Waals surface area contributed by atoms with E-state index in [1.165, 1.54) is 36.1 Å². The summed E-state index contributed by atoms with van der Waals surface area (Å²) >= 11 is 0. The minimum atomic E-state index is -4.49. The Kier molecular flexibility index (Phi) is 6.92. The number of methoxy groups -OCH3 is 1. The quantitative estimate of drug-likeness (QED) is 0.514. The van der Waals surface area contributed by atoms with E-state index in [4.69, 9.17) is 4.74 Å². The number of hydrogen-bond donors (Lipinski definition) is 2. The van der Waals surface area contributed by atoms with Gasteiger partial charge in [-0.1, -0.05) is 6.07 Å². The van der Waals surface area contributed by atoms with Crippen molar-refractivity contribution in [2.24, 2.45) is 0 Å². The van der Waals surface area contributed by atoms with Crippen LogP contribution in [0.2, 0.25) is 0 Å². The van der Waals surface area contributed by atoms with Gasteiger partial charge in [-0.15, -0.1) is 0 Å². The summed E-state index contributed by atoms with van der Waals surface area (Å²) in [6, 6.07) is 9.26. The number of amides is 1. The van der Waals surface area contributed by atoms with Gasteiger partial charge in [0.1, 0.15) is 5.75 Å². The molecule has 0 spiro atoms. The number of carbonyl (C=O) groups excluding carboxylic acids is 1. The Morgan fingerprint density at radius 3 is 2.47 bits per heavy atom. The van der Waals surface area contributed by atoms with E-state index < -0.39 is 27.7 Å². The van der Waals surface area contributed by atoms with Crippen LogP contribution in [0.4, 0.5) is 24.5 Å². The normalized spacial score (nSPS) is 11.9. The van der Waals surface area contributed by atoms with Crippen LogP contribution >= 0.6 is 0 Å². The molecule has 2 aromatic carbocycles. The third kappa shape index (κ3) is 5.87. The lowest BCUT2D eigenvalue weighted by molar-refractivity contribution is -0.137. The van der Waals surface area contributed by atoms with Crippen LogP contribution in [0.15, 0.2) is 42.5 Å². The summed E-state index contributed by atoms with van der Waals surface area (Å²) in [7, 11) is -2.19. The molecule has 0 atom stereocenters. The average molecular weight is 497 g/mol. The first-order valence-corrected chi connectivity index (χ1v) is 11.9. The Balaban J connectivity index is 1.83. The zero-order valence-electron chi connectivity index (χ0n) is 18.8. The standard InChI is InChI=1S/C22H23F3N4O4S/c1-13-18(14(2)29(27-13)17-7-5-6-15(10-17)22(23,24)25)12-21(30)26-16-8-9-20(33-3)19(11-16)28-34(4,31)32/h5-11,28H,12H2,1-4H3,(H,26,30). The van der Waals surface area contributed by atoms with Gasteiger partial charge in [0.15, 0.2) is 0 Å². The SMILES string of the molecule is COc1ccc(NC(=O)Cc2c(C)nn(-c3cccc(C(F)(F)F)c3)c2C)cc1NS(C)(=O)=O. The number of aromatic nitrogens is 2. The highest BCUT2D eigenvalue weighted by Crippen LogP contribution is 2.31. The first-order valence-electron chi connectivity index (χ1n) is 9.97. The molecule has 0 aliphatic rings. The number of benzene rings is 2. The number of halogens is 3. The molecule has 182 valence electrons. The van der Waals surface area contributed by atoms with Gasteiger partial charge in [0, 0.05) is 16.9 Å². The molecule has 12 heteroatoms. The molecule has 0 saturated carbocycles. The number of hydrogen-bond acceptors (Lipinski definition) is 5. The summed E-state index contributed by atoms with van der Waals surface area (Å²) in [4.78, 5) is 12.7. The molecule has 1 amide bonds. The average Bonchev–Trinajstić information content (AvgIpc) is 3.00. The summed E-state index contributed by atoms with van der Waals surface area (Å²) in [6.07, 6.45) is -3.58. The van der Waals surface area contributed by atoms with E-state index in [9.17, 15) is 26.4 Å². The molecular weight excluding hydrogens is 473 g/mol. The van der Waals surface area contributed by atoms with Crippen molar-refractivity contribution < 1.29 is 31.1 Å². The van der Waals surface area contributed by atoms with Gasteiger partial charge in [0.2, 0.25) is 15.9 Å². The summed E-state index contributed by atoms with van der Waals surface area (Å²) < 4.78 is 71.3. The second kappa shape index (κ2) is 9.37. The van der Waals surface area contributed by atoms with Crippen LogP contribution in [0.1, 0.15) is 22.5 Å².